The Balaban J connectivity index is 3.78. The summed E-state index contributed by atoms with van der Waals surface area (Å²) in [5, 5.41) is 0. The average Bonchev–Trinajstić information content (AvgIpc) is 2.10. The van der Waals surface area contributed by atoms with Crippen LogP contribution in [0.4, 0.5) is 0 Å². The molecule has 0 aliphatic carbocycles. The highest BCUT2D eigenvalue weighted by Gasteiger charge is 1.97. The van der Waals surface area contributed by atoms with Crippen molar-refractivity contribution >= 4 is 5.90 Å². The maximum absolute atomic E-state index is 5.34. The van der Waals surface area contributed by atoms with Crippen LogP contribution in [0.5, 0.6) is 0 Å². The topological polar surface area (TPSA) is 76.9 Å². The molecule has 0 saturated carbocycles. The minimum absolute atomic E-state index is 0.351. The van der Waals surface area contributed by atoms with Gasteiger partial charge in [0.25, 0.3) is 0 Å². The predicted octanol–water partition coefficient (Wildman–Crippen LogP) is -0.607. The first-order chi connectivity index (χ1) is 6.56. The van der Waals surface area contributed by atoms with Crippen LogP contribution in [0.2, 0.25) is 0 Å². The van der Waals surface area contributed by atoms with Gasteiger partial charge in [0.05, 0.1) is 12.7 Å². The lowest BCUT2D eigenvalue weighted by molar-refractivity contribution is 0.252. The molecule has 0 aliphatic rings. The normalized spacial score (nSPS) is 12.3. The van der Waals surface area contributed by atoms with Crippen LogP contribution in [0, 0.1) is 0 Å². The van der Waals surface area contributed by atoms with E-state index < -0.39 is 6.17 Å². The van der Waals surface area contributed by atoms with Crippen molar-refractivity contribution in [3.05, 3.63) is 12.7 Å². The third-order valence-electron chi connectivity index (χ3n) is 1.42. The molecule has 0 bridgehead atoms. The summed E-state index contributed by atoms with van der Waals surface area (Å²) < 4.78 is 5.33. The highest BCUT2D eigenvalue weighted by atomic mass is 16.5. The van der Waals surface area contributed by atoms with E-state index in [1.165, 1.54) is 0 Å². The Labute approximate surface area is 85.4 Å². The van der Waals surface area contributed by atoms with Crippen LogP contribution in [0.3, 0.4) is 0 Å². The fraction of sp³-hybridized carbons (Fsp3) is 0.667. The van der Waals surface area contributed by atoms with E-state index in [1.54, 1.807) is 6.08 Å². The Morgan fingerprint density at radius 3 is 2.64 bits per heavy atom. The largest absolute Gasteiger partial charge is 0.477 e. The molecule has 0 amide bonds. The summed E-state index contributed by atoms with van der Waals surface area (Å²) in [6.45, 7) is 5.35. The van der Waals surface area contributed by atoms with Crippen LogP contribution in [0.1, 0.15) is 0 Å². The van der Waals surface area contributed by atoms with Gasteiger partial charge in [-0.05, 0) is 20.2 Å². The van der Waals surface area contributed by atoms with Gasteiger partial charge in [0.15, 0.2) is 0 Å². The summed E-state index contributed by atoms with van der Waals surface area (Å²) in [6, 6.07) is 0. The van der Waals surface area contributed by atoms with Crippen molar-refractivity contribution in [3.63, 3.8) is 0 Å². The quantitative estimate of drug-likeness (QED) is 0.341. The summed E-state index contributed by atoms with van der Waals surface area (Å²) in [6.07, 6.45) is 1.11. The molecular weight excluding hydrogens is 180 g/mol. The SMILES string of the molecule is C=CC(=NCC(N)N)OCCN(C)C. The summed E-state index contributed by atoms with van der Waals surface area (Å²) >= 11 is 0. The fourth-order valence-electron chi connectivity index (χ4n) is 0.697. The number of ether oxygens (including phenoxy) is 1. The number of hydrogen-bond donors (Lipinski definition) is 2. The monoisotopic (exact) mass is 200 g/mol. The third-order valence-corrected chi connectivity index (χ3v) is 1.42. The molecule has 0 aliphatic heterocycles. The second kappa shape index (κ2) is 7.49. The van der Waals surface area contributed by atoms with E-state index >= 15 is 0 Å². The maximum Gasteiger partial charge on any atom is 0.208 e. The van der Waals surface area contributed by atoms with E-state index in [9.17, 15) is 0 Å². The van der Waals surface area contributed by atoms with Crippen molar-refractivity contribution in [2.24, 2.45) is 16.5 Å². The first-order valence-corrected chi connectivity index (χ1v) is 4.52. The van der Waals surface area contributed by atoms with Gasteiger partial charge in [0.1, 0.15) is 6.61 Å². The van der Waals surface area contributed by atoms with Crippen LogP contribution in [-0.2, 0) is 4.74 Å². The minimum Gasteiger partial charge on any atom is -0.477 e. The number of likely N-dealkylation sites (N-methyl/N-ethyl adjacent to an activating group) is 1. The zero-order valence-corrected chi connectivity index (χ0v) is 8.94. The zero-order chi connectivity index (χ0) is 11.0. The molecule has 0 radical (unpaired) electrons. The Morgan fingerprint density at radius 2 is 2.21 bits per heavy atom. The van der Waals surface area contributed by atoms with E-state index in [1.807, 2.05) is 19.0 Å². The molecular formula is C9H20N4O. The van der Waals surface area contributed by atoms with Crippen molar-refractivity contribution in [2.75, 3.05) is 33.8 Å². The van der Waals surface area contributed by atoms with Gasteiger partial charge in [-0.2, -0.15) is 0 Å². The lowest BCUT2D eigenvalue weighted by atomic mass is 10.5. The molecule has 0 aromatic carbocycles. The summed E-state index contributed by atoms with van der Waals surface area (Å²) in [5.41, 5.74) is 10.7. The molecule has 5 heteroatoms. The first kappa shape index (κ1) is 13.1. The predicted molar refractivity (Wildman–Crippen MR) is 59.2 cm³/mol. The van der Waals surface area contributed by atoms with Crippen LogP contribution in [-0.4, -0.2) is 50.8 Å². The Bertz CT molecular complexity index is 189. The molecule has 0 unspecified atom stereocenters. The molecule has 0 spiro atoms. The van der Waals surface area contributed by atoms with E-state index in [4.69, 9.17) is 16.2 Å². The summed E-state index contributed by atoms with van der Waals surface area (Å²) in [5.74, 6) is 0.493. The summed E-state index contributed by atoms with van der Waals surface area (Å²) in [7, 11) is 3.95. The molecule has 0 atom stereocenters. The number of nitrogens with two attached hydrogens (primary N) is 2. The van der Waals surface area contributed by atoms with E-state index in [0.29, 0.717) is 19.0 Å². The second-order valence-corrected chi connectivity index (χ2v) is 3.20. The summed E-state index contributed by atoms with van der Waals surface area (Å²) in [4.78, 5) is 6.07. The number of hydrogen-bond acceptors (Lipinski definition) is 5. The smallest absolute Gasteiger partial charge is 0.208 e. The molecule has 0 aromatic rings. The Hall–Kier alpha value is -0.910. The van der Waals surface area contributed by atoms with Gasteiger partial charge in [-0.1, -0.05) is 6.58 Å². The lowest BCUT2D eigenvalue weighted by Gasteiger charge is -2.11. The van der Waals surface area contributed by atoms with E-state index in [0.717, 1.165) is 6.54 Å². The molecule has 0 fully saturated rings. The van der Waals surface area contributed by atoms with Gasteiger partial charge in [-0.25, -0.2) is 4.99 Å². The highest BCUT2D eigenvalue weighted by Crippen LogP contribution is 1.87. The minimum atomic E-state index is -0.442. The third kappa shape index (κ3) is 7.72. The fourth-order valence-corrected chi connectivity index (χ4v) is 0.697. The first-order valence-electron chi connectivity index (χ1n) is 4.52. The highest BCUT2D eigenvalue weighted by molar-refractivity contribution is 5.87. The van der Waals surface area contributed by atoms with Gasteiger partial charge in [0.2, 0.25) is 5.90 Å². The number of aliphatic imine (C=N–C) groups is 1. The van der Waals surface area contributed by atoms with Crippen molar-refractivity contribution < 1.29 is 4.74 Å². The van der Waals surface area contributed by atoms with Gasteiger partial charge in [0, 0.05) is 6.54 Å². The Morgan fingerprint density at radius 1 is 1.57 bits per heavy atom. The molecule has 0 heterocycles. The van der Waals surface area contributed by atoms with Gasteiger partial charge in [-0.15, -0.1) is 0 Å². The van der Waals surface area contributed by atoms with Crippen molar-refractivity contribution in [1.29, 1.82) is 0 Å². The Kier molecular flexibility index (Phi) is 7.00. The van der Waals surface area contributed by atoms with Gasteiger partial charge in [-0.3, -0.25) is 0 Å². The van der Waals surface area contributed by atoms with Crippen molar-refractivity contribution in [1.82, 2.24) is 4.90 Å². The molecule has 0 aromatic heterocycles. The van der Waals surface area contributed by atoms with Crippen LogP contribution in [0.15, 0.2) is 17.6 Å². The molecule has 0 rings (SSSR count). The van der Waals surface area contributed by atoms with Crippen LogP contribution >= 0.6 is 0 Å². The number of nitrogens with zero attached hydrogens (tertiary/aromatic N) is 2. The molecule has 14 heavy (non-hydrogen) atoms. The lowest BCUT2D eigenvalue weighted by Crippen LogP contribution is -2.34. The number of rotatable bonds is 6. The van der Waals surface area contributed by atoms with Crippen LogP contribution in [0.25, 0.3) is 0 Å². The molecule has 82 valence electrons. The maximum atomic E-state index is 5.34. The van der Waals surface area contributed by atoms with E-state index in [-0.39, 0.29) is 0 Å². The van der Waals surface area contributed by atoms with Gasteiger partial charge < -0.3 is 21.1 Å². The van der Waals surface area contributed by atoms with E-state index in [2.05, 4.69) is 11.6 Å². The van der Waals surface area contributed by atoms with Crippen LogP contribution < -0.4 is 11.5 Å². The zero-order valence-electron chi connectivity index (χ0n) is 8.94. The molecule has 0 saturated heterocycles. The standard InChI is InChI=1S/C9H20N4O/c1-4-9(12-7-8(10)11)14-6-5-13(2)3/h4,8H,1,5-7,10-11H2,2-3H3. The molecule has 5 nitrogen and oxygen atoms in total. The molecule has 4 N–H and O–H groups in total. The van der Waals surface area contributed by atoms with Gasteiger partial charge >= 0.3 is 0 Å². The second-order valence-electron chi connectivity index (χ2n) is 3.20. The van der Waals surface area contributed by atoms with Crippen molar-refractivity contribution in [2.45, 2.75) is 6.17 Å². The van der Waals surface area contributed by atoms with Crippen molar-refractivity contribution in [3.8, 4) is 0 Å². The average molecular weight is 200 g/mol.